The van der Waals surface area contributed by atoms with Crippen molar-refractivity contribution in [3.8, 4) is 0 Å². The molecule has 3 heteroatoms. The lowest BCUT2D eigenvalue weighted by Gasteiger charge is -2.36. The van der Waals surface area contributed by atoms with E-state index in [-0.39, 0.29) is 0 Å². The van der Waals surface area contributed by atoms with Crippen LogP contribution in [0.1, 0.15) is 37.8 Å². The predicted molar refractivity (Wildman–Crippen MR) is 57.3 cm³/mol. The largest absolute Gasteiger partial charge is 0.314 e. The number of aryl methyl sites for hydroxylation is 1. The first-order valence-electron chi connectivity index (χ1n) is 5.52. The zero-order chi connectivity index (χ0) is 9.97. The minimum absolute atomic E-state index is 0.733. The SMILES string of the molecule is CCCNC1CC(c2ccnn2C)C1. The number of nitrogens with one attached hydrogen (secondary N) is 1. The number of rotatable bonds is 4. The van der Waals surface area contributed by atoms with Gasteiger partial charge in [-0.3, -0.25) is 4.68 Å². The van der Waals surface area contributed by atoms with Gasteiger partial charge < -0.3 is 5.32 Å². The van der Waals surface area contributed by atoms with E-state index in [1.165, 1.54) is 25.0 Å². The van der Waals surface area contributed by atoms with Gasteiger partial charge in [0.2, 0.25) is 0 Å². The van der Waals surface area contributed by atoms with E-state index in [4.69, 9.17) is 0 Å². The molecule has 14 heavy (non-hydrogen) atoms. The highest BCUT2D eigenvalue weighted by Gasteiger charge is 2.31. The van der Waals surface area contributed by atoms with Crippen LogP contribution in [0.4, 0.5) is 0 Å². The minimum Gasteiger partial charge on any atom is -0.314 e. The van der Waals surface area contributed by atoms with E-state index >= 15 is 0 Å². The van der Waals surface area contributed by atoms with Crippen LogP contribution >= 0.6 is 0 Å². The molecule has 0 unspecified atom stereocenters. The Hall–Kier alpha value is -0.830. The number of hydrogen-bond donors (Lipinski definition) is 1. The van der Waals surface area contributed by atoms with Crippen LogP contribution in [0.2, 0.25) is 0 Å². The fourth-order valence-corrected chi connectivity index (χ4v) is 2.16. The molecular weight excluding hydrogens is 174 g/mol. The second kappa shape index (κ2) is 4.13. The topological polar surface area (TPSA) is 29.9 Å². The number of nitrogens with zero attached hydrogens (tertiary/aromatic N) is 2. The van der Waals surface area contributed by atoms with E-state index in [1.807, 2.05) is 17.9 Å². The summed E-state index contributed by atoms with van der Waals surface area (Å²) >= 11 is 0. The molecule has 0 aliphatic heterocycles. The first-order chi connectivity index (χ1) is 6.81. The summed E-state index contributed by atoms with van der Waals surface area (Å²) < 4.78 is 2.00. The monoisotopic (exact) mass is 193 g/mol. The van der Waals surface area contributed by atoms with Gasteiger partial charge in [-0.1, -0.05) is 6.92 Å². The van der Waals surface area contributed by atoms with Crippen LogP contribution in [-0.4, -0.2) is 22.4 Å². The summed E-state index contributed by atoms with van der Waals surface area (Å²) in [6, 6.07) is 2.88. The third kappa shape index (κ3) is 1.82. The van der Waals surface area contributed by atoms with Gasteiger partial charge >= 0.3 is 0 Å². The molecule has 1 saturated carbocycles. The van der Waals surface area contributed by atoms with Gasteiger partial charge in [-0.2, -0.15) is 5.10 Å². The Labute approximate surface area is 85.5 Å². The van der Waals surface area contributed by atoms with Crippen LogP contribution in [0.25, 0.3) is 0 Å². The van der Waals surface area contributed by atoms with Gasteiger partial charge in [0.25, 0.3) is 0 Å². The Balaban J connectivity index is 1.80. The lowest BCUT2D eigenvalue weighted by molar-refractivity contribution is 0.282. The van der Waals surface area contributed by atoms with Crippen LogP contribution in [-0.2, 0) is 7.05 Å². The Morgan fingerprint density at radius 3 is 2.93 bits per heavy atom. The van der Waals surface area contributed by atoms with E-state index in [1.54, 1.807) is 0 Å². The number of hydrogen-bond acceptors (Lipinski definition) is 2. The highest BCUT2D eigenvalue weighted by molar-refractivity contribution is 5.13. The molecule has 0 aromatic carbocycles. The average molecular weight is 193 g/mol. The quantitative estimate of drug-likeness (QED) is 0.788. The molecule has 1 aliphatic rings. The smallest absolute Gasteiger partial charge is 0.0492 e. The second-order valence-corrected chi connectivity index (χ2v) is 4.20. The molecule has 0 saturated heterocycles. The summed E-state index contributed by atoms with van der Waals surface area (Å²) in [5, 5.41) is 7.75. The van der Waals surface area contributed by atoms with Crippen LogP contribution in [0, 0.1) is 0 Å². The minimum atomic E-state index is 0.733. The van der Waals surface area contributed by atoms with Crippen molar-refractivity contribution < 1.29 is 0 Å². The van der Waals surface area contributed by atoms with Gasteiger partial charge in [0, 0.05) is 30.9 Å². The molecule has 0 spiro atoms. The van der Waals surface area contributed by atoms with Gasteiger partial charge in [-0.05, 0) is 31.9 Å². The second-order valence-electron chi connectivity index (χ2n) is 4.20. The molecule has 1 N–H and O–H groups in total. The van der Waals surface area contributed by atoms with E-state index in [0.717, 1.165) is 18.5 Å². The van der Waals surface area contributed by atoms with Crippen molar-refractivity contribution in [2.24, 2.45) is 7.05 Å². The molecular formula is C11H19N3. The van der Waals surface area contributed by atoms with E-state index in [2.05, 4.69) is 23.4 Å². The molecule has 1 aliphatic carbocycles. The van der Waals surface area contributed by atoms with Gasteiger partial charge in [-0.15, -0.1) is 0 Å². The molecule has 0 amide bonds. The van der Waals surface area contributed by atoms with Crippen molar-refractivity contribution in [1.29, 1.82) is 0 Å². The zero-order valence-electron chi connectivity index (χ0n) is 9.03. The molecule has 1 aromatic heterocycles. The Bertz CT molecular complexity index is 286. The predicted octanol–water partition coefficient (Wildman–Crippen LogP) is 1.67. The van der Waals surface area contributed by atoms with Gasteiger partial charge in [0.15, 0.2) is 0 Å². The summed E-state index contributed by atoms with van der Waals surface area (Å²) in [5.41, 5.74) is 1.39. The summed E-state index contributed by atoms with van der Waals surface area (Å²) in [4.78, 5) is 0. The summed E-state index contributed by atoms with van der Waals surface area (Å²) in [6.45, 7) is 3.37. The Kier molecular flexibility index (Phi) is 2.87. The van der Waals surface area contributed by atoms with Gasteiger partial charge in [-0.25, -0.2) is 0 Å². The maximum absolute atomic E-state index is 4.20. The van der Waals surface area contributed by atoms with E-state index < -0.39 is 0 Å². The summed E-state index contributed by atoms with van der Waals surface area (Å²) in [7, 11) is 2.03. The van der Waals surface area contributed by atoms with Crippen molar-refractivity contribution in [2.45, 2.75) is 38.1 Å². The highest BCUT2D eigenvalue weighted by Crippen LogP contribution is 2.36. The Morgan fingerprint density at radius 1 is 1.57 bits per heavy atom. The van der Waals surface area contributed by atoms with Gasteiger partial charge in [0.1, 0.15) is 0 Å². The maximum Gasteiger partial charge on any atom is 0.0492 e. The maximum atomic E-state index is 4.20. The van der Waals surface area contributed by atoms with Gasteiger partial charge in [0.05, 0.1) is 0 Å². The summed E-state index contributed by atoms with van der Waals surface area (Å²) in [6.07, 6.45) is 5.67. The van der Waals surface area contributed by atoms with E-state index in [9.17, 15) is 0 Å². The zero-order valence-corrected chi connectivity index (χ0v) is 9.03. The lowest BCUT2D eigenvalue weighted by atomic mass is 9.78. The summed E-state index contributed by atoms with van der Waals surface area (Å²) in [5.74, 6) is 0.733. The standard InChI is InChI=1S/C11H19N3/c1-3-5-12-10-7-9(8-10)11-4-6-13-14(11)2/h4,6,9-10,12H,3,5,7-8H2,1-2H3. The van der Waals surface area contributed by atoms with Crippen LogP contribution in [0.3, 0.4) is 0 Å². The average Bonchev–Trinajstić information content (AvgIpc) is 2.50. The van der Waals surface area contributed by atoms with Crippen molar-refractivity contribution in [2.75, 3.05) is 6.54 Å². The van der Waals surface area contributed by atoms with Crippen LogP contribution in [0.5, 0.6) is 0 Å². The molecule has 1 aromatic rings. The highest BCUT2D eigenvalue weighted by atomic mass is 15.3. The molecule has 78 valence electrons. The van der Waals surface area contributed by atoms with Crippen molar-refractivity contribution >= 4 is 0 Å². The third-order valence-corrected chi connectivity index (χ3v) is 3.10. The van der Waals surface area contributed by atoms with E-state index in [0.29, 0.717) is 0 Å². The molecule has 0 radical (unpaired) electrons. The van der Waals surface area contributed by atoms with Crippen molar-refractivity contribution in [3.63, 3.8) is 0 Å². The Morgan fingerprint density at radius 2 is 2.36 bits per heavy atom. The normalized spacial score (nSPS) is 26.1. The molecule has 3 nitrogen and oxygen atoms in total. The molecule has 2 rings (SSSR count). The van der Waals surface area contributed by atoms with Crippen molar-refractivity contribution in [3.05, 3.63) is 18.0 Å². The fourth-order valence-electron chi connectivity index (χ4n) is 2.16. The van der Waals surface area contributed by atoms with Crippen LogP contribution in [0.15, 0.2) is 12.3 Å². The molecule has 1 heterocycles. The third-order valence-electron chi connectivity index (χ3n) is 3.10. The first kappa shape index (κ1) is 9.71. The van der Waals surface area contributed by atoms with Crippen molar-refractivity contribution in [1.82, 2.24) is 15.1 Å². The van der Waals surface area contributed by atoms with Crippen LogP contribution < -0.4 is 5.32 Å². The molecule has 0 bridgehead atoms. The molecule has 1 fully saturated rings. The fraction of sp³-hybridized carbons (Fsp3) is 0.727. The first-order valence-corrected chi connectivity index (χ1v) is 5.52. The number of aromatic nitrogens is 2. The molecule has 0 atom stereocenters. The lowest BCUT2D eigenvalue weighted by Crippen LogP contribution is -2.40.